The molecule has 0 aromatic heterocycles. The molecule has 0 aliphatic carbocycles. The maximum atomic E-state index is 12.5. The van der Waals surface area contributed by atoms with Crippen LogP contribution in [0.5, 0.6) is 0 Å². The third kappa shape index (κ3) is 6.05. The molecule has 1 aliphatic rings. The first-order valence-corrected chi connectivity index (χ1v) is 9.60. The Kier molecular flexibility index (Phi) is 7.40. The van der Waals surface area contributed by atoms with E-state index in [1.807, 2.05) is 24.3 Å². The average molecular weight is 413 g/mol. The Labute approximate surface area is 174 Å². The highest BCUT2D eigenvalue weighted by atomic mass is 16.7. The van der Waals surface area contributed by atoms with Crippen molar-refractivity contribution in [3.05, 3.63) is 71.8 Å². The lowest BCUT2D eigenvalue weighted by atomic mass is 10.0. The number of likely N-dealkylation sites (tertiary alicyclic amines) is 1. The number of esters is 1. The molecule has 30 heavy (non-hydrogen) atoms. The van der Waals surface area contributed by atoms with Crippen LogP contribution >= 0.6 is 0 Å². The molecular formula is C22H23NO7. The Morgan fingerprint density at radius 2 is 1.43 bits per heavy atom. The Morgan fingerprint density at radius 3 is 2.03 bits per heavy atom. The number of hydrogen-bond acceptors (Lipinski definition) is 7. The van der Waals surface area contributed by atoms with Crippen LogP contribution in [0.1, 0.15) is 24.0 Å². The van der Waals surface area contributed by atoms with Crippen molar-refractivity contribution >= 4 is 18.2 Å². The standard InChI is InChI=1S/C22H23NO7/c24-18-11-12-19(20(25)30-22(27)29-15-17-9-5-2-6-10-17)23(13-18)21(26)28-14-16-7-3-1-4-8-16/h1-10,18-19,24H,11-15H2/t18-,19+/m1/s1. The van der Waals surface area contributed by atoms with Gasteiger partial charge in [-0.3, -0.25) is 4.90 Å². The number of benzene rings is 2. The van der Waals surface area contributed by atoms with Crippen molar-refractivity contribution in [2.24, 2.45) is 0 Å². The molecule has 2 atom stereocenters. The van der Waals surface area contributed by atoms with Crippen molar-refractivity contribution in [1.82, 2.24) is 4.90 Å². The fourth-order valence-corrected chi connectivity index (χ4v) is 3.10. The molecule has 3 rings (SSSR count). The Morgan fingerprint density at radius 1 is 0.867 bits per heavy atom. The van der Waals surface area contributed by atoms with Crippen LogP contribution in [-0.2, 0) is 32.2 Å². The van der Waals surface area contributed by atoms with Gasteiger partial charge in [0.1, 0.15) is 19.3 Å². The number of carbonyl (C=O) groups is 3. The minimum atomic E-state index is -1.15. The molecule has 2 aromatic rings. The summed E-state index contributed by atoms with van der Waals surface area (Å²) in [5.41, 5.74) is 1.53. The van der Waals surface area contributed by atoms with Crippen molar-refractivity contribution in [2.75, 3.05) is 6.54 Å². The molecule has 1 heterocycles. The van der Waals surface area contributed by atoms with E-state index in [9.17, 15) is 19.5 Å². The number of aliphatic hydroxyl groups excluding tert-OH is 1. The van der Waals surface area contributed by atoms with Gasteiger partial charge in [-0.25, -0.2) is 14.4 Å². The van der Waals surface area contributed by atoms with Gasteiger partial charge in [-0.15, -0.1) is 0 Å². The molecular weight excluding hydrogens is 390 g/mol. The SMILES string of the molecule is O=C(OCc1ccccc1)OC(=O)[C@@H]1CC[C@@H](O)CN1C(=O)OCc1ccccc1. The zero-order valence-electron chi connectivity index (χ0n) is 16.3. The van der Waals surface area contributed by atoms with Gasteiger partial charge in [-0.1, -0.05) is 60.7 Å². The van der Waals surface area contributed by atoms with Gasteiger partial charge in [0.2, 0.25) is 0 Å². The molecule has 0 unspecified atom stereocenters. The van der Waals surface area contributed by atoms with Gasteiger partial charge in [0.05, 0.1) is 12.6 Å². The quantitative estimate of drug-likeness (QED) is 0.594. The van der Waals surface area contributed by atoms with Crippen LogP contribution in [0.25, 0.3) is 0 Å². The molecule has 1 fully saturated rings. The third-order valence-electron chi connectivity index (χ3n) is 4.65. The summed E-state index contributed by atoms with van der Waals surface area (Å²) < 4.78 is 15.0. The number of rotatable bonds is 5. The molecule has 1 amide bonds. The molecule has 1 aliphatic heterocycles. The van der Waals surface area contributed by atoms with Gasteiger partial charge in [0, 0.05) is 0 Å². The van der Waals surface area contributed by atoms with E-state index in [1.165, 1.54) is 0 Å². The van der Waals surface area contributed by atoms with Crippen LogP contribution in [0.3, 0.4) is 0 Å². The number of amides is 1. The Balaban J connectivity index is 1.55. The van der Waals surface area contributed by atoms with Gasteiger partial charge < -0.3 is 19.3 Å². The number of nitrogens with zero attached hydrogens (tertiary/aromatic N) is 1. The van der Waals surface area contributed by atoms with E-state index < -0.39 is 30.4 Å². The maximum Gasteiger partial charge on any atom is 0.516 e. The topological polar surface area (TPSA) is 102 Å². The molecule has 1 N–H and O–H groups in total. The number of ether oxygens (including phenoxy) is 3. The van der Waals surface area contributed by atoms with Crippen molar-refractivity contribution in [3.8, 4) is 0 Å². The minimum Gasteiger partial charge on any atom is -0.445 e. The zero-order valence-corrected chi connectivity index (χ0v) is 16.3. The molecule has 8 nitrogen and oxygen atoms in total. The Hall–Kier alpha value is -3.39. The third-order valence-corrected chi connectivity index (χ3v) is 4.65. The second-order valence-electron chi connectivity index (χ2n) is 6.88. The largest absolute Gasteiger partial charge is 0.516 e. The summed E-state index contributed by atoms with van der Waals surface area (Å²) in [6, 6.07) is 17.0. The number of piperidine rings is 1. The van der Waals surface area contributed by atoms with Gasteiger partial charge in [-0.05, 0) is 24.0 Å². The van der Waals surface area contributed by atoms with Crippen molar-refractivity contribution in [3.63, 3.8) is 0 Å². The van der Waals surface area contributed by atoms with Gasteiger partial charge in [0.15, 0.2) is 0 Å². The first-order chi connectivity index (χ1) is 14.5. The summed E-state index contributed by atoms with van der Waals surface area (Å²) in [6.45, 7) is -0.112. The summed E-state index contributed by atoms with van der Waals surface area (Å²) in [5, 5.41) is 9.91. The fraction of sp³-hybridized carbons (Fsp3) is 0.318. The lowest BCUT2D eigenvalue weighted by Gasteiger charge is -2.35. The number of β-amino-alcohol motifs (C(OH)–C–C–N with tert-alkyl or cyclic N) is 1. The van der Waals surface area contributed by atoms with E-state index in [0.29, 0.717) is 6.42 Å². The summed E-state index contributed by atoms with van der Waals surface area (Å²) in [5.74, 6) is -0.920. The predicted octanol–water partition coefficient (Wildman–Crippen LogP) is 3.03. The van der Waals surface area contributed by atoms with E-state index in [4.69, 9.17) is 14.2 Å². The normalized spacial score (nSPS) is 18.4. The summed E-state index contributed by atoms with van der Waals surface area (Å²) in [7, 11) is 0. The minimum absolute atomic E-state index is 0.0210. The van der Waals surface area contributed by atoms with Crippen molar-refractivity contribution in [2.45, 2.75) is 38.2 Å². The first kappa shape index (κ1) is 21.3. The van der Waals surface area contributed by atoms with Crippen molar-refractivity contribution < 1.29 is 33.7 Å². The molecule has 0 radical (unpaired) electrons. The van der Waals surface area contributed by atoms with Crippen LogP contribution in [-0.4, -0.2) is 46.9 Å². The summed E-state index contributed by atoms with van der Waals surface area (Å²) >= 11 is 0. The molecule has 0 saturated carbocycles. The van der Waals surface area contributed by atoms with Crippen LogP contribution < -0.4 is 0 Å². The van der Waals surface area contributed by atoms with Crippen molar-refractivity contribution in [1.29, 1.82) is 0 Å². The predicted molar refractivity (Wildman–Crippen MR) is 105 cm³/mol. The fourth-order valence-electron chi connectivity index (χ4n) is 3.10. The zero-order chi connectivity index (χ0) is 21.3. The van der Waals surface area contributed by atoms with E-state index in [-0.39, 0.29) is 26.2 Å². The van der Waals surface area contributed by atoms with E-state index in [2.05, 4.69) is 0 Å². The first-order valence-electron chi connectivity index (χ1n) is 9.60. The van der Waals surface area contributed by atoms with Crippen LogP contribution in [0.2, 0.25) is 0 Å². The van der Waals surface area contributed by atoms with Gasteiger partial charge >= 0.3 is 18.2 Å². The van der Waals surface area contributed by atoms with E-state index in [0.717, 1.165) is 16.0 Å². The second kappa shape index (κ2) is 10.4. The molecule has 1 saturated heterocycles. The summed E-state index contributed by atoms with van der Waals surface area (Å²) in [4.78, 5) is 37.9. The van der Waals surface area contributed by atoms with Crippen LogP contribution in [0, 0.1) is 0 Å². The second-order valence-corrected chi connectivity index (χ2v) is 6.88. The number of aliphatic hydroxyl groups is 1. The molecule has 158 valence electrons. The maximum absolute atomic E-state index is 12.5. The molecule has 2 aromatic carbocycles. The van der Waals surface area contributed by atoms with Crippen LogP contribution in [0.15, 0.2) is 60.7 Å². The molecule has 8 heteroatoms. The molecule has 0 spiro atoms. The van der Waals surface area contributed by atoms with E-state index >= 15 is 0 Å². The highest BCUT2D eigenvalue weighted by molar-refractivity contribution is 5.88. The van der Waals surface area contributed by atoms with Gasteiger partial charge in [0.25, 0.3) is 0 Å². The number of carbonyl (C=O) groups excluding carboxylic acids is 3. The number of hydrogen-bond donors (Lipinski definition) is 1. The lowest BCUT2D eigenvalue weighted by molar-refractivity contribution is -0.148. The highest BCUT2D eigenvalue weighted by Crippen LogP contribution is 2.20. The lowest BCUT2D eigenvalue weighted by Crippen LogP contribution is -2.53. The molecule has 0 bridgehead atoms. The van der Waals surface area contributed by atoms with Crippen LogP contribution in [0.4, 0.5) is 9.59 Å². The highest BCUT2D eigenvalue weighted by Gasteiger charge is 2.38. The monoisotopic (exact) mass is 413 g/mol. The van der Waals surface area contributed by atoms with Gasteiger partial charge in [-0.2, -0.15) is 0 Å². The van der Waals surface area contributed by atoms with E-state index in [1.54, 1.807) is 36.4 Å². The smallest absolute Gasteiger partial charge is 0.445 e. The summed E-state index contributed by atoms with van der Waals surface area (Å²) in [6.07, 6.45) is -2.26. The Bertz CT molecular complexity index is 856. The average Bonchev–Trinajstić information content (AvgIpc) is 2.77.